The number of rotatable bonds is 7. The molecule has 4 rings (SSSR count). The Balaban J connectivity index is 0.00000158. The van der Waals surface area contributed by atoms with E-state index in [-0.39, 0.29) is 11.3 Å². The van der Waals surface area contributed by atoms with E-state index in [1.807, 2.05) is 19.9 Å². The Bertz CT molecular complexity index is 1170. The van der Waals surface area contributed by atoms with E-state index in [9.17, 15) is 0 Å². The first-order chi connectivity index (χ1) is 16.1. The molecule has 2 aromatic carbocycles. The smallest absolute Gasteiger partial charge is 0.159 e. The monoisotopic (exact) mass is 519 g/mol. The van der Waals surface area contributed by atoms with Crippen molar-refractivity contribution in [1.29, 1.82) is 0 Å². The van der Waals surface area contributed by atoms with Gasteiger partial charge < -0.3 is 0 Å². The number of benzene rings is 2. The highest BCUT2D eigenvalue weighted by Gasteiger charge is 2.36. The predicted molar refractivity (Wildman–Crippen MR) is 156 cm³/mol. The molecule has 0 radical (unpaired) electrons. The van der Waals surface area contributed by atoms with Crippen LogP contribution < -0.4 is 16.5 Å². The van der Waals surface area contributed by atoms with E-state index in [0.717, 1.165) is 10.9 Å². The lowest BCUT2D eigenvalue weighted by Gasteiger charge is -2.39. The molecule has 1 fully saturated rings. The van der Waals surface area contributed by atoms with Crippen LogP contribution in [0.4, 0.5) is 0 Å². The largest absolute Gasteiger partial charge is 0.287 e. The first-order valence-corrected chi connectivity index (χ1v) is 14.6. The van der Waals surface area contributed by atoms with Gasteiger partial charge in [0.05, 0.1) is 11.3 Å². The summed E-state index contributed by atoms with van der Waals surface area (Å²) in [5.41, 5.74) is 15.1. The second kappa shape index (κ2) is 11.0. The Hall–Kier alpha value is -1.64. The van der Waals surface area contributed by atoms with E-state index >= 15 is 0 Å². The molecule has 8 heteroatoms. The summed E-state index contributed by atoms with van der Waals surface area (Å²) in [4.78, 5) is 1.18. The number of nitrogens with one attached hydrogen (secondary N) is 3. The topological polar surface area (TPSA) is 51.7 Å². The van der Waals surface area contributed by atoms with Crippen LogP contribution in [0.3, 0.4) is 0 Å². The summed E-state index contributed by atoms with van der Waals surface area (Å²) in [7, 11) is 0.213. The van der Waals surface area contributed by atoms with Gasteiger partial charge in [0, 0.05) is 9.92 Å². The minimum absolute atomic E-state index is 0.139. The molecule has 186 valence electrons. The van der Waals surface area contributed by atoms with Gasteiger partial charge in [0.25, 0.3) is 0 Å². The fourth-order valence-electron chi connectivity index (χ4n) is 4.41. The van der Waals surface area contributed by atoms with Gasteiger partial charge in [0.1, 0.15) is 0 Å². The summed E-state index contributed by atoms with van der Waals surface area (Å²) in [5, 5.41) is 5.09. The molecule has 0 amide bonds. The summed E-state index contributed by atoms with van der Waals surface area (Å²) in [6, 6.07) is 10.3. The van der Waals surface area contributed by atoms with Crippen molar-refractivity contribution in [3.05, 3.63) is 63.2 Å². The van der Waals surface area contributed by atoms with Crippen LogP contribution in [-0.4, -0.2) is 35.0 Å². The quantitative estimate of drug-likeness (QED) is 0.267. The van der Waals surface area contributed by atoms with Crippen molar-refractivity contribution in [1.82, 2.24) is 20.8 Å². The number of nitrogens with zero attached hydrogens (tertiary/aromatic N) is 2. The molecular weight excluding hydrogens is 482 g/mol. The third kappa shape index (κ3) is 5.29. The van der Waals surface area contributed by atoms with Crippen molar-refractivity contribution in [2.45, 2.75) is 69.6 Å². The highest BCUT2D eigenvalue weighted by molar-refractivity contribution is 8.25. The van der Waals surface area contributed by atoms with E-state index in [4.69, 9.17) is 24.2 Å². The van der Waals surface area contributed by atoms with Crippen molar-refractivity contribution >= 4 is 51.2 Å². The molecule has 0 spiro atoms. The fourth-order valence-corrected chi connectivity index (χ4v) is 7.37. The molecule has 1 aliphatic heterocycles. The molecule has 0 saturated heterocycles. The minimum Gasteiger partial charge on any atom is -0.287 e. The minimum atomic E-state index is -1.87. The van der Waals surface area contributed by atoms with Gasteiger partial charge in [0.15, 0.2) is 5.84 Å². The molecular formula is C26H38ClN5S2. The van der Waals surface area contributed by atoms with Gasteiger partial charge in [-0.2, -0.15) is 12.6 Å². The van der Waals surface area contributed by atoms with Gasteiger partial charge in [-0.25, -0.2) is 9.84 Å². The molecule has 0 aromatic heterocycles. The molecule has 1 aliphatic carbocycles. The van der Waals surface area contributed by atoms with Crippen molar-refractivity contribution in [3.8, 4) is 0 Å². The van der Waals surface area contributed by atoms with Gasteiger partial charge in [-0.15, -0.1) is 20.0 Å². The predicted octanol–water partition coefficient (Wildman–Crippen LogP) is 6.01. The van der Waals surface area contributed by atoms with Crippen LogP contribution in [0.25, 0.3) is 0 Å². The molecule has 2 atom stereocenters. The molecule has 1 saturated carbocycles. The lowest BCUT2D eigenvalue weighted by atomic mass is 9.92. The first kappa shape index (κ1) is 27.0. The molecule has 2 aromatic rings. The van der Waals surface area contributed by atoms with Crippen LogP contribution in [0.5, 0.6) is 0 Å². The standard InChI is InChI=1S/C24H32ClN5S2.C2H6/c1-14-7-8-15(2)21(16(14)3)23(31)22(24-26-28-29-27-24)30(4)32(5,6)20-12-11-18(25)13-19(20)17-9-10-17;1-2/h7-8,11-13,17,22-23,28-29,31H,5-6,9-10H2,1-4H3,(H,26,27);1-2H3. The van der Waals surface area contributed by atoms with E-state index < -0.39 is 9.39 Å². The summed E-state index contributed by atoms with van der Waals surface area (Å²) >= 11 is 11.5. The number of halogens is 1. The van der Waals surface area contributed by atoms with Crippen molar-refractivity contribution in [2.24, 2.45) is 5.10 Å². The fraction of sp³-hybridized carbons (Fsp3) is 0.423. The number of hydrazone groups is 1. The number of aryl methyl sites for hydroxylation is 2. The third-order valence-electron chi connectivity index (χ3n) is 6.64. The molecule has 34 heavy (non-hydrogen) atoms. The average molecular weight is 520 g/mol. The Morgan fingerprint density at radius 3 is 2.35 bits per heavy atom. The SMILES string of the molecule is C=S(=C)(c1ccc(Cl)cc1C1CC1)N(C)C(C1=NNNN1)C(S)c1c(C)ccc(C)c1C.CC. The maximum Gasteiger partial charge on any atom is 0.159 e. The van der Waals surface area contributed by atoms with E-state index in [1.54, 1.807) is 0 Å². The zero-order valence-electron chi connectivity index (χ0n) is 21.1. The number of hydrogen-bond donors (Lipinski definition) is 4. The Kier molecular flexibility index (Phi) is 8.69. The summed E-state index contributed by atoms with van der Waals surface area (Å²) in [5.74, 6) is 10.6. The summed E-state index contributed by atoms with van der Waals surface area (Å²) in [6.07, 6.45) is 2.38. The van der Waals surface area contributed by atoms with Crippen molar-refractivity contribution in [2.75, 3.05) is 7.05 Å². The molecule has 2 unspecified atom stereocenters. The molecule has 2 aliphatic rings. The average Bonchev–Trinajstić information content (AvgIpc) is 3.53. The Morgan fingerprint density at radius 1 is 1.12 bits per heavy atom. The maximum atomic E-state index is 6.36. The Labute approximate surface area is 216 Å². The second-order valence-corrected chi connectivity index (χ2v) is 12.5. The van der Waals surface area contributed by atoms with Gasteiger partial charge in [-0.05, 0) is 92.6 Å². The zero-order chi connectivity index (χ0) is 25.2. The summed E-state index contributed by atoms with van der Waals surface area (Å²) < 4.78 is 2.25. The van der Waals surface area contributed by atoms with Crippen molar-refractivity contribution < 1.29 is 0 Å². The molecule has 5 nitrogen and oxygen atoms in total. The lowest BCUT2D eigenvalue weighted by Crippen LogP contribution is -2.48. The maximum absolute atomic E-state index is 6.36. The number of hydrogen-bond acceptors (Lipinski definition) is 6. The second-order valence-electron chi connectivity index (χ2n) is 8.83. The normalized spacial score (nSPS) is 17.3. The van der Waals surface area contributed by atoms with Crippen molar-refractivity contribution in [3.63, 3.8) is 0 Å². The van der Waals surface area contributed by atoms with Crippen LogP contribution in [-0.2, 0) is 0 Å². The van der Waals surface area contributed by atoms with Gasteiger partial charge >= 0.3 is 0 Å². The Morgan fingerprint density at radius 2 is 1.76 bits per heavy atom. The van der Waals surface area contributed by atoms with Gasteiger partial charge in [-0.1, -0.05) is 49.3 Å². The number of thiol groups is 1. The van der Waals surface area contributed by atoms with E-state index in [1.165, 1.54) is 45.6 Å². The molecule has 3 N–H and O–H groups in total. The molecule has 0 bridgehead atoms. The lowest BCUT2D eigenvalue weighted by molar-refractivity contribution is 0.476. The van der Waals surface area contributed by atoms with E-state index in [0.29, 0.717) is 5.92 Å². The third-order valence-corrected chi connectivity index (χ3v) is 9.94. The van der Waals surface area contributed by atoms with Crippen LogP contribution in [0.2, 0.25) is 5.02 Å². The number of likely N-dealkylation sites (N-methyl/N-ethyl adjacent to an activating group) is 1. The number of hydrazine groups is 2. The van der Waals surface area contributed by atoms with Crippen LogP contribution in [0.15, 0.2) is 40.3 Å². The first-order valence-electron chi connectivity index (χ1n) is 11.7. The van der Waals surface area contributed by atoms with Crippen LogP contribution in [0, 0.1) is 20.8 Å². The highest BCUT2D eigenvalue weighted by Crippen LogP contribution is 2.50. The van der Waals surface area contributed by atoms with Crippen LogP contribution >= 0.6 is 33.6 Å². The van der Waals surface area contributed by atoms with Gasteiger partial charge in [0.2, 0.25) is 0 Å². The van der Waals surface area contributed by atoms with Gasteiger partial charge in [-0.3, -0.25) is 5.43 Å². The molecule has 1 heterocycles. The van der Waals surface area contributed by atoms with Crippen LogP contribution in [0.1, 0.15) is 65.7 Å². The van der Waals surface area contributed by atoms with E-state index in [2.05, 4.69) is 89.7 Å². The highest BCUT2D eigenvalue weighted by atomic mass is 35.5. The summed E-state index contributed by atoms with van der Waals surface area (Å²) in [6.45, 7) is 10.4. The number of amidine groups is 1. The zero-order valence-corrected chi connectivity index (χ0v) is 23.5.